The zero-order valence-corrected chi connectivity index (χ0v) is 13.0. The number of hydrogen-bond donors (Lipinski definition) is 1. The summed E-state index contributed by atoms with van der Waals surface area (Å²) in [5.74, 6) is 0.660. The van der Waals surface area contributed by atoms with Gasteiger partial charge in [0, 0.05) is 25.0 Å². The highest BCUT2D eigenvalue weighted by Gasteiger charge is 2.29. The van der Waals surface area contributed by atoms with Gasteiger partial charge in [-0.3, -0.25) is 9.59 Å². The summed E-state index contributed by atoms with van der Waals surface area (Å²) in [5, 5.41) is 3.15. The lowest BCUT2D eigenvalue weighted by Crippen LogP contribution is -2.48. The van der Waals surface area contributed by atoms with Gasteiger partial charge in [-0.25, -0.2) is 0 Å². The van der Waals surface area contributed by atoms with Crippen molar-refractivity contribution in [2.45, 2.75) is 44.6 Å². The first-order valence-electron chi connectivity index (χ1n) is 8.34. The molecule has 0 radical (unpaired) electrons. The van der Waals surface area contributed by atoms with Crippen LogP contribution >= 0.6 is 0 Å². The fourth-order valence-electron chi connectivity index (χ4n) is 3.14. The molecule has 2 amide bonds. The Hall–Kier alpha value is -1.84. The summed E-state index contributed by atoms with van der Waals surface area (Å²) >= 11 is 0. The van der Waals surface area contributed by atoms with Crippen LogP contribution in [0.15, 0.2) is 30.3 Å². The molecule has 1 saturated carbocycles. The number of benzene rings is 1. The molecule has 1 aromatic rings. The Morgan fingerprint density at radius 3 is 2.32 bits per heavy atom. The molecule has 2 fully saturated rings. The summed E-state index contributed by atoms with van der Waals surface area (Å²) in [6, 6.07) is 10.1. The van der Waals surface area contributed by atoms with E-state index >= 15 is 0 Å². The van der Waals surface area contributed by atoms with Crippen LogP contribution in [0.1, 0.15) is 37.7 Å². The number of carbonyl (C=O) groups excluding carboxylic acids is 2. The van der Waals surface area contributed by atoms with Gasteiger partial charge in [-0.1, -0.05) is 36.8 Å². The molecule has 3 rings (SSSR count). The zero-order chi connectivity index (χ0) is 15.4. The minimum absolute atomic E-state index is 0.190. The van der Waals surface area contributed by atoms with Gasteiger partial charge in [0.15, 0.2) is 0 Å². The number of carbonyl (C=O) groups is 2. The molecule has 4 nitrogen and oxygen atoms in total. The molecular formula is C18H24N2O2. The maximum Gasteiger partial charge on any atom is 0.226 e. The van der Waals surface area contributed by atoms with Gasteiger partial charge in [-0.05, 0) is 31.2 Å². The monoisotopic (exact) mass is 300 g/mol. The maximum atomic E-state index is 12.3. The van der Waals surface area contributed by atoms with Crippen LogP contribution in [-0.2, 0) is 16.0 Å². The molecule has 1 aliphatic heterocycles. The molecule has 118 valence electrons. The second-order valence-electron chi connectivity index (χ2n) is 6.45. The SMILES string of the molecule is O=C(NC1CCN(C(=O)Cc2ccccc2)CC1)C1CCC1. The molecule has 0 bridgehead atoms. The number of nitrogens with zero attached hydrogens (tertiary/aromatic N) is 1. The van der Waals surface area contributed by atoms with Gasteiger partial charge in [0.05, 0.1) is 6.42 Å². The Morgan fingerprint density at radius 2 is 1.73 bits per heavy atom. The summed E-state index contributed by atoms with van der Waals surface area (Å²) in [7, 11) is 0. The lowest BCUT2D eigenvalue weighted by atomic mass is 9.84. The zero-order valence-electron chi connectivity index (χ0n) is 13.0. The second kappa shape index (κ2) is 6.95. The summed E-state index contributed by atoms with van der Waals surface area (Å²) in [6.45, 7) is 1.50. The summed E-state index contributed by atoms with van der Waals surface area (Å²) < 4.78 is 0. The molecule has 0 unspecified atom stereocenters. The second-order valence-corrected chi connectivity index (χ2v) is 6.45. The molecule has 1 aliphatic carbocycles. The fraction of sp³-hybridized carbons (Fsp3) is 0.556. The van der Waals surface area contributed by atoms with E-state index in [-0.39, 0.29) is 23.8 Å². The van der Waals surface area contributed by atoms with E-state index < -0.39 is 0 Å². The van der Waals surface area contributed by atoms with Crippen molar-refractivity contribution in [1.29, 1.82) is 0 Å². The Balaban J connectivity index is 1.43. The molecule has 1 heterocycles. The third-order valence-corrected chi connectivity index (χ3v) is 4.87. The molecule has 0 atom stereocenters. The highest BCUT2D eigenvalue weighted by atomic mass is 16.2. The molecule has 1 aromatic carbocycles. The van der Waals surface area contributed by atoms with Gasteiger partial charge in [0.2, 0.25) is 11.8 Å². The normalized spacial score (nSPS) is 19.5. The summed E-state index contributed by atoms with van der Waals surface area (Å²) in [6.07, 6.45) is 5.49. The predicted octanol–water partition coefficient (Wildman–Crippen LogP) is 2.14. The first-order chi connectivity index (χ1) is 10.7. The lowest BCUT2D eigenvalue weighted by Gasteiger charge is -2.34. The number of likely N-dealkylation sites (tertiary alicyclic amines) is 1. The van der Waals surface area contributed by atoms with E-state index in [1.807, 2.05) is 35.2 Å². The fourth-order valence-corrected chi connectivity index (χ4v) is 3.14. The molecule has 22 heavy (non-hydrogen) atoms. The minimum atomic E-state index is 0.190. The maximum absolute atomic E-state index is 12.3. The first-order valence-corrected chi connectivity index (χ1v) is 8.34. The van der Waals surface area contributed by atoms with Crippen molar-refractivity contribution in [3.63, 3.8) is 0 Å². The predicted molar refractivity (Wildman–Crippen MR) is 85.2 cm³/mol. The largest absolute Gasteiger partial charge is 0.353 e. The van der Waals surface area contributed by atoms with Gasteiger partial charge in [-0.2, -0.15) is 0 Å². The van der Waals surface area contributed by atoms with Gasteiger partial charge < -0.3 is 10.2 Å². The van der Waals surface area contributed by atoms with E-state index in [1.165, 1.54) is 6.42 Å². The van der Waals surface area contributed by atoms with Crippen LogP contribution in [0.4, 0.5) is 0 Å². The van der Waals surface area contributed by atoms with E-state index in [0.29, 0.717) is 6.42 Å². The van der Waals surface area contributed by atoms with Gasteiger partial charge >= 0.3 is 0 Å². The van der Waals surface area contributed by atoms with E-state index in [1.54, 1.807) is 0 Å². The van der Waals surface area contributed by atoms with E-state index in [4.69, 9.17) is 0 Å². The van der Waals surface area contributed by atoms with Crippen molar-refractivity contribution < 1.29 is 9.59 Å². The Labute approximate surface area is 131 Å². The van der Waals surface area contributed by atoms with Crippen LogP contribution in [0.25, 0.3) is 0 Å². The average Bonchev–Trinajstić information content (AvgIpc) is 2.47. The number of amides is 2. The van der Waals surface area contributed by atoms with Gasteiger partial charge in [0.1, 0.15) is 0 Å². The Kier molecular flexibility index (Phi) is 4.76. The van der Waals surface area contributed by atoms with Crippen LogP contribution in [0, 0.1) is 5.92 Å². The number of piperidine rings is 1. The lowest BCUT2D eigenvalue weighted by molar-refractivity contribution is -0.132. The van der Waals surface area contributed by atoms with Gasteiger partial charge in [-0.15, -0.1) is 0 Å². The van der Waals surface area contributed by atoms with Gasteiger partial charge in [0.25, 0.3) is 0 Å². The van der Waals surface area contributed by atoms with Crippen LogP contribution < -0.4 is 5.32 Å². The van der Waals surface area contributed by atoms with Crippen molar-refractivity contribution in [2.24, 2.45) is 5.92 Å². The summed E-state index contributed by atoms with van der Waals surface area (Å²) in [4.78, 5) is 26.2. The Morgan fingerprint density at radius 1 is 1.05 bits per heavy atom. The molecular weight excluding hydrogens is 276 g/mol. The number of rotatable bonds is 4. The van der Waals surface area contributed by atoms with E-state index in [2.05, 4.69) is 5.32 Å². The molecule has 4 heteroatoms. The van der Waals surface area contributed by atoms with Crippen LogP contribution in [-0.4, -0.2) is 35.8 Å². The molecule has 0 spiro atoms. The van der Waals surface area contributed by atoms with Crippen molar-refractivity contribution in [1.82, 2.24) is 10.2 Å². The smallest absolute Gasteiger partial charge is 0.226 e. The highest BCUT2D eigenvalue weighted by molar-refractivity contribution is 5.80. The topological polar surface area (TPSA) is 49.4 Å². The average molecular weight is 300 g/mol. The molecule has 2 aliphatic rings. The third kappa shape index (κ3) is 3.67. The highest BCUT2D eigenvalue weighted by Crippen LogP contribution is 2.26. The standard InChI is InChI=1S/C18H24N2O2/c21-17(13-14-5-2-1-3-6-14)20-11-9-16(10-12-20)19-18(22)15-7-4-8-15/h1-3,5-6,15-16H,4,7-13H2,(H,19,22). The van der Waals surface area contributed by atoms with Crippen molar-refractivity contribution in [3.8, 4) is 0 Å². The van der Waals surface area contributed by atoms with Crippen LogP contribution in [0.5, 0.6) is 0 Å². The van der Waals surface area contributed by atoms with Crippen molar-refractivity contribution >= 4 is 11.8 Å². The molecule has 1 saturated heterocycles. The number of hydrogen-bond acceptors (Lipinski definition) is 2. The summed E-state index contributed by atoms with van der Waals surface area (Å²) in [5.41, 5.74) is 1.06. The number of nitrogens with one attached hydrogen (secondary N) is 1. The van der Waals surface area contributed by atoms with E-state index in [0.717, 1.165) is 44.3 Å². The molecule has 1 N–H and O–H groups in total. The Bertz CT molecular complexity index is 517. The van der Waals surface area contributed by atoms with E-state index in [9.17, 15) is 9.59 Å². The minimum Gasteiger partial charge on any atom is -0.353 e. The third-order valence-electron chi connectivity index (χ3n) is 4.87. The van der Waals surface area contributed by atoms with Crippen LogP contribution in [0.3, 0.4) is 0 Å². The van der Waals surface area contributed by atoms with Crippen molar-refractivity contribution in [3.05, 3.63) is 35.9 Å². The quantitative estimate of drug-likeness (QED) is 0.926. The first kappa shape index (κ1) is 15.1. The van der Waals surface area contributed by atoms with Crippen LogP contribution in [0.2, 0.25) is 0 Å². The molecule has 0 aromatic heterocycles. The van der Waals surface area contributed by atoms with Crippen molar-refractivity contribution in [2.75, 3.05) is 13.1 Å².